The monoisotopic (exact) mass is 473 g/mol. The molecule has 5 nitrogen and oxygen atoms in total. The van der Waals surface area contributed by atoms with Gasteiger partial charge in [-0.2, -0.15) is 0 Å². The fourth-order valence-electron chi connectivity index (χ4n) is 4.08. The van der Waals surface area contributed by atoms with Crippen molar-refractivity contribution in [2.75, 3.05) is 20.3 Å². The molecule has 6 heteroatoms. The van der Waals surface area contributed by atoms with Gasteiger partial charge in [0.1, 0.15) is 18.2 Å². The van der Waals surface area contributed by atoms with Crippen molar-refractivity contribution < 1.29 is 23.8 Å². The molecule has 4 aromatic carbocycles. The summed E-state index contributed by atoms with van der Waals surface area (Å²) in [5.41, 5.74) is 3.33. The third kappa shape index (κ3) is 5.85. The van der Waals surface area contributed by atoms with Gasteiger partial charge in [0.15, 0.2) is 0 Å². The molecule has 4 aromatic rings. The van der Waals surface area contributed by atoms with E-state index in [0.717, 1.165) is 33.2 Å². The molecule has 0 spiro atoms. The average Bonchev–Trinajstić information content (AvgIpc) is 2.87. The minimum Gasteiger partial charge on any atom is -0.491 e. The Morgan fingerprint density at radius 2 is 1.83 bits per heavy atom. The molecule has 0 saturated heterocycles. The van der Waals surface area contributed by atoms with Crippen LogP contribution < -0.4 is 10.1 Å². The van der Waals surface area contributed by atoms with Gasteiger partial charge in [-0.05, 0) is 76.3 Å². The number of fused-ring (bicyclic) bond motifs is 1. The van der Waals surface area contributed by atoms with Gasteiger partial charge in [-0.3, -0.25) is 0 Å². The van der Waals surface area contributed by atoms with E-state index in [1.54, 1.807) is 13.2 Å². The molecule has 0 amide bonds. The molecule has 0 aromatic heterocycles. The summed E-state index contributed by atoms with van der Waals surface area (Å²) >= 11 is 0. The first-order valence-corrected chi connectivity index (χ1v) is 11.5. The molecular formula is C29H28FNO4. The van der Waals surface area contributed by atoms with Crippen LogP contribution in [0.5, 0.6) is 5.75 Å². The van der Waals surface area contributed by atoms with Crippen molar-refractivity contribution in [3.63, 3.8) is 0 Å². The molecule has 0 heterocycles. The maximum Gasteiger partial charge on any atom is 0.338 e. The summed E-state index contributed by atoms with van der Waals surface area (Å²) in [5.74, 6) is -1.23. The van der Waals surface area contributed by atoms with Crippen molar-refractivity contribution in [3.05, 3.63) is 101 Å². The Kier molecular flexibility index (Phi) is 7.75. The average molecular weight is 474 g/mol. The van der Waals surface area contributed by atoms with Gasteiger partial charge < -0.3 is 19.9 Å². The van der Waals surface area contributed by atoms with Crippen molar-refractivity contribution in [3.8, 4) is 16.9 Å². The number of carboxylic acid groups (broad SMARTS) is 1. The molecule has 35 heavy (non-hydrogen) atoms. The maximum absolute atomic E-state index is 14.0. The van der Waals surface area contributed by atoms with Crippen molar-refractivity contribution >= 4 is 16.7 Å². The predicted molar refractivity (Wildman–Crippen MR) is 135 cm³/mol. The highest BCUT2D eigenvalue weighted by Crippen LogP contribution is 2.32. The van der Waals surface area contributed by atoms with Crippen molar-refractivity contribution in [2.24, 2.45) is 0 Å². The van der Waals surface area contributed by atoms with E-state index < -0.39 is 11.8 Å². The zero-order valence-electron chi connectivity index (χ0n) is 19.8. The predicted octanol–water partition coefficient (Wildman–Crippen LogP) is 6.22. The van der Waals surface area contributed by atoms with Crippen LogP contribution in [0.25, 0.3) is 21.9 Å². The molecule has 0 fully saturated rings. The number of hydrogen-bond donors (Lipinski definition) is 2. The second kappa shape index (κ2) is 11.1. The van der Waals surface area contributed by atoms with Gasteiger partial charge in [0, 0.05) is 19.7 Å². The Morgan fingerprint density at radius 3 is 2.63 bits per heavy atom. The first-order chi connectivity index (χ1) is 17.0. The lowest BCUT2D eigenvalue weighted by Gasteiger charge is -2.17. The second-order valence-electron chi connectivity index (χ2n) is 8.38. The highest BCUT2D eigenvalue weighted by atomic mass is 19.1. The number of halogens is 1. The highest BCUT2D eigenvalue weighted by Gasteiger charge is 2.14. The molecule has 0 aliphatic rings. The number of hydrogen-bond acceptors (Lipinski definition) is 4. The fourth-order valence-corrected chi connectivity index (χ4v) is 4.08. The van der Waals surface area contributed by atoms with Gasteiger partial charge in [0.05, 0.1) is 12.2 Å². The maximum atomic E-state index is 14.0. The third-order valence-corrected chi connectivity index (χ3v) is 5.96. The van der Waals surface area contributed by atoms with Crippen LogP contribution in [0.2, 0.25) is 0 Å². The lowest BCUT2D eigenvalue weighted by atomic mass is 9.94. The summed E-state index contributed by atoms with van der Waals surface area (Å²) < 4.78 is 24.8. The fraction of sp³-hybridized carbons (Fsp3) is 0.207. The molecule has 1 unspecified atom stereocenters. The summed E-state index contributed by atoms with van der Waals surface area (Å²) in [6, 6.07) is 24.3. The van der Waals surface area contributed by atoms with E-state index >= 15 is 0 Å². The quantitative estimate of drug-likeness (QED) is 0.268. The molecule has 0 aliphatic heterocycles. The van der Waals surface area contributed by atoms with E-state index in [2.05, 4.69) is 24.4 Å². The molecule has 4 rings (SSSR count). The zero-order valence-corrected chi connectivity index (χ0v) is 19.8. The van der Waals surface area contributed by atoms with E-state index in [1.807, 2.05) is 48.5 Å². The van der Waals surface area contributed by atoms with Gasteiger partial charge in [-0.15, -0.1) is 0 Å². The first kappa shape index (κ1) is 24.4. The van der Waals surface area contributed by atoms with Crippen LogP contribution in [0.15, 0.2) is 78.9 Å². The van der Waals surface area contributed by atoms with Gasteiger partial charge in [0.25, 0.3) is 0 Å². The van der Waals surface area contributed by atoms with Crippen LogP contribution in [0.4, 0.5) is 4.39 Å². The molecule has 1 atom stereocenters. The SMILES string of the molecule is COCCOc1cccc(C(C)NCc2cc(-c3ccc(F)c(C(=O)O)c3)c3ccccc3c2)c1. The van der Waals surface area contributed by atoms with E-state index in [-0.39, 0.29) is 11.6 Å². The largest absolute Gasteiger partial charge is 0.491 e. The Hall–Kier alpha value is -3.74. The molecule has 0 aliphatic carbocycles. The first-order valence-electron chi connectivity index (χ1n) is 11.5. The van der Waals surface area contributed by atoms with Crippen molar-refractivity contribution in [2.45, 2.75) is 19.5 Å². The molecule has 180 valence electrons. The smallest absolute Gasteiger partial charge is 0.338 e. The number of carbonyl (C=O) groups is 1. The summed E-state index contributed by atoms with van der Waals surface area (Å²) in [6.45, 7) is 3.72. The topological polar surface area (TPSA) is 67.8 Å². The number of benzene rings is 4. The summed E-state index contributed by atoms with van der Waals surface area (Å²) in [6.07, 6.45) is 0. The van der Waals surface area contributed by atoms with Gasteiger partial charge in [-0.25, -0.2) is 9.18 Å². The third-order valence-electron chi connectivity index (χ3n) is 5.96. The Balaban J connectivity index is 1.59. The molecule has 0 saturated carbocycles. The van der Waals surface area contributed by atoms with Gasteiger partial charge in [0.2, 0.25) is 0 Å². The molecular weight excluding hydrogens is 445 g/mol. The Labute approximate surface area is 204 Å². The van der Waals surface area contributed by atoms with Crippen molar-refractivity contribution in [1.29, 1.82) is 0 Å². The number of nitrogens with one attached hydrogen (secondary N) is 1. The lowest BCUT2D eigenvalue weighted by molar-refractivity contribution is 0.0692. The van der Waals surface area contributed by atoms with E-state index in [4.69, 9.17) is 9.47 Å². The minimum absolute atomic E-state index is 0.0697. The Bertz CT molecular complexity index is 1340. The van der Waals surface area contributed by atoms with Crippen LogP contribution in [-0.2, 0) is 11.3 Å². The van der Waals surface area contributed by atoms with Crippen molar-refractivity contribution in [1.82, 2.24) is 5.32 Å². The molecule has 0 bridgehead atoms. The number of methoxy groups -OCH3 is 1. The summed E-state index contributed by atoms with van der Waals surface area (Å²) in [5, 5.41) is 14.9. The number of ether oxygens (including phenoxy) is 2. The minimum atomic E-state index is -1.28. The standard InChI is InChI=1S/C29H28FNO4/c1-19(21-7-5-8-24(16-21)35-13-12-34-2)31-18-20-14-22-6-3-4-9-25(22)26(15-20)23-10-11-28(30)27(17-23)29(32)33/h3-11,14-17,19,31H,12-13,18H2,1-2H3,(H,32,33). The number of aromatic carboxylic acids is 1. The van der Waals surface area contributed by atoms with Crippen LogP contribution in [0, 0.1) is 5.82 Å². The molecule has 0 radical (unpaired) electrons. The summed E-state index contributed by atoms with van der Waals surface area (Å²) in [7, 11) is 1.64. The van der Waals surface area contributed by atoms with Crippen LogP contribution >= 0.6 is 0 Å². The number of carboxylic acids is 1. The zero-order chi connectivity index (χ0) is 24.8. The van der Waals surface area contributed by atoms with Crippen LogP contribution in [-0.4, -0.2) is 31.4 Å². The van der Waals surface area contributed by atoms with Gasteiger partial charge in [-0.1, -0.05) is 42.5 Å². The number of rotatable bonds is 10. The van der Waals surface area contributed by atoms with E-state index in [9.17, 15) is 14.3 Å². The highest BCUT2D eigenvalue weighted by molar-refractivity contribution is 5.98. The Morgan fingerprint density at radius 1 is 1.00 bits per heavy atom. The van der Waals surface area contributed by atoms with Crippen LogP contribution in [0.1, 0.15) is 34.5 Å². The second-order valence-corrected chi connectivity index (χ2v) is 8.38. The van der Waals surface area contributed by atoms with Gasteiger partial charge >= 0.3 is 5.97 Å². The van der Waals surface area contributed by atoms with E-state index in [0.29, 0.717) is 25.3 Å². The van der Waals surface area contributed by atoms with E-state index in [1.165, 1.54) is 12.1 Å². The normalized spacial score (nSPS) is 12.0. The lowest BCUT2D eigenvalue weighted by Crippen LogP contribution is -2.18. The molecule has 2 N–H and O–H groups in total. The van der Waals surface area contributed by atoms with Crippen LogP contribution in [0.3, 0.4) is 0 Å². The summed E-state index contributed by atoms with van der Waals surface area (Å²) in [4.78, 5) is 11.5.